The molecule has 5 aromatic carbocycles. The zero-order chi connectivity index (χ0) is 94.2. The number of carboxylic acids is 1. The number of fused-ring (bicyclic) bond motifs is 15. The molecule has 8 aliphatic rings. The molecule has 22 atom stereocenters. The minimum atomic E-state index is -5.67. The summed E-state index contributed by atoms with van der Waals surface area (Å²) < 4.78 is 81.4. The lowest BCUT2D eigenvalue weighted by Gasteiger charge is -2.47. The van der Waals surface area contributed by atoms with Crippen molar-refractivity contribution in [1.82, 2.24) is 42.5 Å². The van der Waals surface area contributed by atoms with Gasteiger partial charge >= 0.3 is 27.1 Å². The number of halogens is 2. The number of benzene rings is 5. The zero-order valence-corrected chi connectivity index (χ0v) is 72.4. The predicted molar refractivity (Wildman–Crippen MR) is 439 cm³/mol. The first-order valence-electron chi connectivity index (χ1n) is 39.8. The average molecular weight is 1880 g/mol. The van der Waals surface area contributed by atoms with Crippen LogP contribution >= 0.6 is 38.4 Å². The Balaban J connectivity index is 1.16. The van der Waals surface area contributed by atoms with Gasteiger partial charge < -0.3 is 168 Å². The van der Waals surface area contributed by atoms with Gasteiger partial charge in [0.2, 0.25) is 64.8 Å². The summed E-state index contributed by atoms with van der Waals surface area (Å²) in [6.45, 7) is 8.22. The fourth-order valence-corrected chi connectivity index (χ4v) is 18.1. The molecule has 8 heterocycles. The van der Waals surface area contributed by atoms with E-state index in [1.807, 2.05) is 0 Å². The van der Waals surface area contributed by atoms with E-state index in [2.05, 4.69) is 37.2 Å². The van der Waals surface area contributed by atoms with E-state index < -0.39 is 336 Å². The first-order chi connectivity index (χ1) is 59.8. The number of aliphatic hydroxyl groups is 5. The first kappa shape index (κ1) is 98.6. The molecule has 27 N–H and O–H groups in total. The van der Waals surface area contributed by atoms with Crippen LogP contribution < -0.4 is 73.9 Å². The maximum Gasteiger partial charge on any atom is 0.360 e. The zero-order valence-electron chi connectivity index (χ0n) is 69.1. The summed E-state index contributed by atoms with van der Waals surface area (Å²) in [5, 5.41) is 124. The van der Waals surface area contributed by atoms with Crippen molar-refractivity contribution in [3.8, 4) is 57.1 Å². The number of nitrogens with one attached hydrogen (secondary N) is 8. The second kappa shape index (κ2) is 39.7. The highest BCUT2D eigenvalue weighted by atomic mass is 35.5. The van der Waals surface area contributed by atoms with E-state index in [0.717, 1.165) is 72.8 Å². The van der Waals surface area contributed by atoms with Crippen LogP contribution in [0, 0.1) is 5.92 Å². The molecule has 19 unspecified atom stereocenters. The number of primary amides is 1. The summed E-state index contributed by atoms with van der Waals surface area (Å²) >= 11 is 14.6. The third-order valence-electron chi connectivity index (χ3n) is 22.1. The van der Waals surface area contributed by atoms with Crippen molar-refractivity contribution in [2.45, 2.75) is 225 Å². The maximum absolute atomic E-state index is 16.6. The fraction of sp³-hybridized carbons (Fsp3) is 0.494. The highest BCUT2D eigenvalue weighted by Crippen LogP contribution is 2.59. The number of aliphatic carboxylic acids is 1. The third kappa shape index (κ3) is 22.7. The number of nitrogens with two attached hydrogens (primary N) is 3. The number of carbonyl (C=O) groups excluding carboxylic acids is 9. The molecule has 3 fully saturated rings. The number of carbonyl (C=O) groups is 10. The van der Waals surface area contributed by atoms with Crippen LogP contribution in [0.5, 0.6) is 46.0 Å². The number of hydrogen-bond acceptors (Lipinski definition) is 32. The predicted octanol–water partition coefficient (Wildman–Crippen LogP) is -0.180. The molecule has 128 heavy (non-hydrogen) atoms. The van der Waals surface area contributed by atoms with Crippen LogP contribution in [0.3, 0.4) is 0 Å². The van der Waals surface area contributed by atoms with Gasteiger partial charge in [-0.2, -0.15) is 0 Å². The molecule has 0 aliphatic carbocycles. The Bertz CT molecular complexity index is 5180. The van der Waals surface area contributed by atoms with Crippen molar-refractivity contribution in [1.29, 1.82) is 0 Å². The number of hydrogen-bond donors (Lipinski definition) is 24. The molecular weight excluding hydrogens is 1780 g/mol. The Morgan fingerprint density at radius 3 is 1.77 bits per heavy atom. The molecule has 49 heteroatoms. The molecule has 11 bridgehead atoms. The summed E-state index contributed by atoms with van der Waals surface area (Å²) in [7, 11) is -9.90. The summed E-state index contributed by atoms with van der Waals surface area (Å²) in [6.07, 6.45) is -27.2. The highest BCUT2D eigenvalue weighted by molar-refractivity contribution is 7.70. The molecular formula is C79H99Cl2N11O34P2. The number of likely N-dealkylation sites (N-methyl/N-ethyl adjacent to an activating group) is 1. The third-order valence-corrected chi connectivity index (χ3v) is 26.0. The molecule has 45 nitrogen and oxygen atoms in total. The molecule has 698 valence electrons. The number of carboxylic acid groups (broad SMARTS) is 1. The van der Waals surface area contributed by atoms with Crippen LogP contribution in [0.25, 0.3) is 11.1 Å². The largest absolute Gasteiger partial charge is 0.508 e. The van der Waals surface area contributed by atoms with Gasteiger partial charge in [-0.1, -0.05) is 55.2 Å². The van der Waals surface area contributed by atoms with E-state index in [-0.39, 0.29) is 29.9 Å². The van der Waals surface area contributed by atoms with Crippen molar-refractivity contribution in [3.05, 3.63) is 117 Å². The highest BCUT2D eigenvalue weighted by Gasteiger charge is 2.54. The van der Waals surface area contributed by atoms with Crippen LogP contribution in [0.1, 0.15) is 145 Å². The quantitative estimate of drug-likeness (QED) is 0.0298. The number of phenols is 3. The Morgan fingerprint density at radius 2 is 1.21 bits per heavy atom. The van der Waals surface area contributed by atoms with Gasteiger partial charge in [0.15, 0.2) is 36.2 Å². The second-order valence-corrected chi connectivity index (χ2v) is 37.3. The Morgan fingerprint density at radius 1 is 0.648 bits per heavy atom. The SMILES string of the molecule is CNC(CC(C)C)C(=O)NC1C(=O)NC(CC(N)=O)C(=O)NC2C(=O)NC3C(=O)NC(C(=O)N[C@@H](C(=O)O)c4cc(O)cc(O)c4-c4cc3ccc4O)[C@H](OC3CC(C)(N)C(O)C(C)O3)c3ccc(c(Cl)c3)Oc3cc2cc(c3OC2OC(COC(=O)CCCC(=O)NC(P(=O)(O)O)P(=O)(O)O)C(O)C(O)C2OC2CC(C)(N)C(O)C(C)O2)Oc2ccc(cc2Cl)[C@@H]1O. The van der Waals surface area contributed by atoms with E-state index in [0.29, 0.717) is 0 Å². The van der Waals surface area contributed by atoms with Crippen LogP contribution in [0.15, 0.2) is 78.9 Å². The standard InChI is InChI=1S/C79H99Cl2N11O34P2/c1-29(2)17-41(85-7)69(104)91-59-61(99)33-12-15-45(39(80)19-33)121-47-21-35-22-48(65(47)126-76-66(125-54-27-79(6,84)68(103)31(4)120-54)63(101)62(100)49(123-76)28-118-52(98)10-8-9-51(97)87-77(127(112,113)114)128(115,116)117)122-46-16-13-34(20-40(46)81)64(124-53-26-78(5,83)67(102)30(3)119-53)60-74(109)90-58(75(110)111)38-23-36(93)24-44(95)55(38)37-18-32(11-14-43(37)94)56(71(106)92-60)89-72(107)57(35)88-70(105)42(25-50(82)96)86-73(59)108/h11-16,18-24,29-31,41-42,49,53-54,56-64,66-68,76-77,85,93-95,99-103H,8-10,17,25-28,83-84H2,1-7H3,(H2,82,96)(H,86,108)(H,87,97)(H,88,105)(H,89,107)(H,90,109)(H,91,104)(H,92,106)(H,110,111)(H2,112,113,114)(H2,115,116,117)/t30?,31?,41?,42?,49?,53?,54?,56?,57?,58-,59?,60?,61+,62?,63?,64-,66?,67?,68?,76?,78?,79?/m1/s1. The second-order valence-electron chi connectivity index (χ2n) is 32.7. The summed E-state index contributed by atoms with van der Waals surface area (Å²) in [4.78, 5) is 185. The van der Waals surface area contributed by atoms with Crippen LogP contribution in [-0.2, 0) is 85.5 Å². The number of esters is 1. The van der Waals surface area contributed by atoms with Gasteiger partial charge in [0.1, 0.15) is 96.1 Å². The van der Waals surface area contributed by atoms with Crippen LogP contribution in [0.2, 0.25) is 10.0 Å². The minimum Gasteiger partial charge on any atom is -0.508 e. The number of amides is 8. The Kier molecular flexibility index (Phi) is 30.6. The summed E-state index contributed by atoms with van der Waals surface area (Å²) in [5.41, 5.74) is 9.78. The number of aromatic hydroxyl groups is 3. The number of phenolic OH excluding ortho intramolecular Hbond substituents is 3. The van der Waals surface area contributed by atoms with Crippen molar-refractivity contribution < 1.29 is 165 Å². The van der Waals surface area contributed by atoms with E-state index in [1.54, 1.807) is 19.2 Å². The molecule has 0 aromatic heterocycles. The van der Waals surface area contributed by atoms with Gasteiger partial charge in [-0.05, 0) is 130 Å². The van der Waals surface area contributed by atoms with Gasteiger partial charge in [0, 0.05) is 59.5 Å². The van der Waals surface area contributed by atoms with Gasteiger partial charge in [-0.3, -0.25) is 52.3 Å². The topological polar surface area (TPSA) is 725 Å². The maximum atomic E-state index is 16.6. The van der Waals surface area contributed by atoms with Gasteiger partial charge in [-0.15, -0.1) is 0 Å². The lowest BCUT2D eigenvalue weighted by Crippen LogP contribution is -2.64. The molecule has 0 spiro atoms. The summed E-state index contributed by atoms with van der Waals surface area (Å²) in [6, 6.07) is -1.81. The molecule has 8 aliphatic heterocycles. The monoisotopic (exact) mass is 1880 g/mol. The van der Waals surface area contributed by atoms with Crippen LogP contribution in [0.4, 0.5) is 0 Å². The number of aliphatic hydroxyl groups excluding tert-OH is 5. The van der Waals surface area contributed by atoms with Gasteiger partial charge in [0.05, 0.1) is 46.9 Å². The van der Waals surface area contributed by atoms with Gasteiger partial charge in [-0.25, -0.2) is 4.79 Å². The Labute approximate surface area is 737 Å². The van der Waals surface area contributed by atoms with Crippen molar-refractivity contribution in [2.24, 2.45) is 23.1 Å². The molecule has 5 aromatic rings. The smallest absolute Gasteiger partial charge is 0.360 e. The molecule has 3 saturated heterocycles. The van der Waals surface area contributed by atoms with E-state index in [1.165, 1.54) is 40.8 Å². The Hall–Kier alpha value is -10.0. The van der Waals surface area contributed by atoms with Crippen molar-refractivity contribution in [3.63, 3.8) is 0 Å². The molecule has 8 amide bonds. The normalized spacial score (nSPS) is 29.6. The van der Waals surface area contributed by atoms with E-state index in [4.69, 9.17) is 83.0 Å². The lowest BCUT2D eigenvalue weighted by atomic mass is 9.86. The molecule has 13 rings (SSSR count). The number of ether oxygens (including phenoxy) is 9. The lowest BCUT2D eigenvalue weighted by molar-refractivity contribution is -0.333. The summed E-state index contributed by atoms with van der Waals surface area (Å²) in [5.74, 6) is -19.9. The van der Waals surface area contributed by atoms with Gasteiger partial charge in [0.25, 0.3) is 0 Å². The average Bonchev–Trinajstić information content (AvgIpc) is 0.761. The molecule has 0 radical (unpaired) electrons. The number of rotatable bonds is 23. The van der Waals surface area contributed by atoms with Crippen molar-refractivity contribution >= 4 is 97.6 Å². The fourth-order valence-electron chi connectivity index (χ4n) is 15.5. The molecule has 0 saturated carbocycles. The van der Waals surface area contributed by atoms with Crippen molar-refractivity contribution in [2.75, 3.05) is 13.7 Å². The van der Waals surface area contributed by atoms with E-state index in [9.17, 15) is 98.6 Å². The minimum absolute atomic E-state index is 0.148. The first-order valence-corrected chi connectivity index (χ1v) is 43.9. The van der Waals surface area contributed by atoms with E-state index >= 15 is 24.0 Å². The van der Waals surface area contributed by atoms with Crippen LogP contribution in [-0.4, -0.2) is 247 Å².